The van der Waals surface area contributed by atoms with E-state index in [9.17, 15) is 9.59 Å². The van der Waals surface area contributed by atoms with Crippen molar-refractivity contribution in [1.29, 1.82) is 0 Å². The molecule has 0 fully saturated rings. The lowest BCUT2D eigenvalue weighted by Gasteiger charge is -2.31. The second-order valence-corrected chi connectivity index (χ2v) is 17.4. The molecule has 55 heavy (non-hydrogen) atoms. The highest BCUT2D eigenvalue weighted by atomic mass is 16.7. The third-order valence-electron chi connectivity index (χ3n) is 11.5. The van der Waals surface area contributed by atoms with Crippen LogP contribution in [0.4, 0.5) is 0 Å². The molecule has 0 heterocycles. The highest BCUT2D eigenvalue weighted by molar-refractivity contribution is 5.75. The van der Waals surface area contributed by atoms with Gasteiger partial charge in [0.25, 0.3) is 0 Å². The average Bonchev–Trinajstić information content (AvgIpc) is 3.17. The summed E-state index contributed by atoms with van der Waals surface area (Å²) in [7, 11) is 4.15. The van der Waals surface area contributed by atoms with E-state index in [2.05, 4.69) is 46.7 Å². The fourth-order valence-corrected chi connectivity index (χ4v) is 7.82. The standard InChI is InChI=1S/C49H98N2O4/c1-7-11-15-19-22-24-27-32-39-47(51(48(52)41-36-43-50(5)6)55-44-35-28-25-23-20-16-12-8-2)40-33-29-34-42-49(53)54-45-46(37-30-18-14-10-4)38-31-26-21-17-13-9-3/h46-47H,7-45H2,1-6H3. The Morgan fingerprint density at radius 2 is 0.855 bits per heavy atom. The number of hydroxylamine groups is 2. The lowest BCUT2D eigenvalue weighted by molar-refractivity contribution is -0.203. The van der Waals surface area contributed by atoms with Crippen molar-refractivity contribution in [3.63, 3.8) is 0 Å². The molecule has 0 aromatic rings. The fourth-order valence-electron chi connectivity index (χ4n) is 7.82. The molecule has 0 saturated carbocycles. The Morgan fingerprint density at radius 1 is 0.455 bits per heavy atom. The molecule has 0 aromatic heterocycles. The molecule has 0 saturated heterocycles. The number of unbranched alkanes of at least 4 members (excludes halogenated alkanes) is 24. The van der Waals surface area contributed by atoms with E-state index in [1.54, 1.807) is 0 Å². The molecule has 6 heteroatoms. The van der Waals surface area contributed by atoms with Gasteiger partial charge in [0.15, 0.2) is 0 Å². The summed E-state index contributed by atoms with van der Waals surface area (Å²) in [5.74, 6) is 0.638. The van der Waals surface area contributed by atoms with E-state index in [-0.39, 0.29) is 17.9 Å². The molecule has 0 bridgehead atoms. The zero-order chi connectivity index (χ0) is 40.5. The minimum atomic E-state index is -0.0246. The summed E-state index contributed by atoms with van der Waals surface area (Å²) in [6, 6.07) is 0.114. The van der Waals surface area contributed by atoms with Crippen LogP contribution >= 0.6 is 0 Å². The van der Waals surface area contributed by atoms with Gasteiger partial charge in [0.2, 0.25) is 5.91 Å². The number of hydrogen-bond acceptors (Lipinski definition) is 5. The topological polar surface area (TPSA) is 59.1 Å². The van der Waals surface area contributed by atoms with Crippen LogP contribution in [-0.4, -0.2) is 61.7 Å². The maximum absolute atomic E-state index is 13.7. The van der Waals surface area contributed by atoms with Crippen LogP contribution in [0, 0.1) is 5.92 Å². The SMILES string of the molecule is CCCCCCCCCCON(C(=O)CCCN(C)C)C(CCCCCCCCCC)CCCCCC(=O)OCC(CCCCCC)CCCCCCCC. The normalized spacial score (nSPS) is 12.7. The zero-order valence-electron chi connectivity index (χ0n) is 38.3. The predicted octanol–water partition coefficient (Wildman–Crippen LogP) is 15.0. The van der Waals surface area contributed by atoms with E-state index in [0.29, 0.717) is 32.0 Å². The van der Waals surface area contributed by atoms with Gasteiger partial charge in [-0.3, -0.25) is 14.4 Å². The largest absolute Gasteiger partial charge is 0.465 e. The molecule has 6 nitrogen and oxygen atoms in total. The van der Waals surface area contributed by atoms with Gasteiger partial charge in [-0.2, -0.15) is 0 Å². The van der Waals surface area contributed by atoms with Gasteiger partial charge >= 0.3 is 5.97 Å². The van der Waals surface area contributed by atoms with E-state index in [1.165, 1.54) is 167 Å². The van der Waals surface area contributed by atoms with Crippen LogP contribution in [0.3, 0.4) is 0 Å². The number of hydrogen-bond donors (Lipinski definition) is 0. The summed E-state index contributed by atoms with van der Waals surface area (Å²) in [6.45, 7) is 11.2. The van der Waals surface area contributed by atoms with Crippen molar-refractivity contribution in [2.75, 3.05) is 33.9 Å². The van der Waals surface area contributed by atoms with Crippen LogP contribution in [0.2, 0.25) is 0 Å². The number of carbonyl (C=O) groups is 2. The third-order valence-corrected chi connectivity index (χ3v) is 11.5. The quantitative estimate of drug-likeness (QED) is 0.0350. The average molecular weight is 779 g/mol. The second kappa shape index (κ2) is 42.5. The maximum Gasteiger partial charge on any atom is 0.305 e. The molecule has 0 spiro atoms. The lowest BCUT2D eigenvalue weighted by atomic mass is 9.95. The molecule has 0 aliphatic rings. The Hall–Kier alpha value is -1.14. The van der Waals surface area contributed by atoms with Gasteiger partial charge in [0.05, 0.1) is 19.3 Å². The van der Waals surface area contributed by atoms with Crippen molar-refractivity contribution in [3.05, 3.63) is 0 Å². The van der Waals surface area contributed by atoms with Crippen molar-refractivity contribution >= 4 is 11.9 Å². The van der Waals surface area contributed by atoms with Crippen LogP contribution in [0.1, 0.15) is 259 Å². The Morgan fingerprint density at radius 3 is 1.33 bits per heavy atom. The van der Waals surface area contributed by atoms with Gasteiger partial charge in [-0.05, 0) is 71.5 Å². The molecule has 0 aromatic carbocycles. The predicted molar refractivity (Wildman–Crippen MR) is 238 cm³/mol. The molecule has 328 valence electrons. The van der Waals surface area contributed by atoms with Crippen LogP contribution < -0.4 is 0 Å². The Labute approximate surface area is 344 Å². The number of ether oxygens (including phenoxy) is 1. The minimum absolute atomic E-state index is 0.0246. The summed E-state index contributed by atoms with van der Waals surface area (Å²) in [4.78, 5) is 35.2. The Bertz CT molecular complexity index is 806. The first-order valence-electron chi connectivity index (χ1n) is 24.6. The molecule has 1 amide bonds. The molecule has 0 aliphatic heterocycles. The van der Waals surface area contributed by atoms with Crippen LogP contribution in [0.15, 0.2) is 0 Å². The summed E-state index contributed by atoms with van der Waals surface area (Å²) in [5.41, 5.74) is 0. The molecule has 0 aliphatic carbocycles. The first-order chi connectivity index (χ1) is 26.9. The van der Waals surface area contributed by atoms with E-state index in [1.807, 2.05) is 5.06 Å². The third kappa shape index (κ3) is 36.9. The highest BCUT2D eigenvalue weighted by Gasteiger charge is 2.24. The molecule has 2 unspecified atom stereocenters. The molecular formula is C49H98N2O4. The zero-order valence-corrected chi connectivity index (χ0v) is 38.3. The van der Waals surface area contributed by atoms with Crippen molar-refractivity contribution in [3.8, 4) is 0 Å². The molecule has 0 N–H and O–H groups in total. The number of amides is 1. The molecule has 2 atom stereocenters. The second-order valence-electron chi connectivity index (χ2n) is 17.4. The summed E-state index contributed by atoms with van der Waals surface area (Å²) in [5, 5.41) is 1.83. The maximum atomic E-state index is 13.7. The van der Waals surface area contributed by atoms with Gasteiger partial charge < -0.3 is 9.64 Å². The summed E-state index contributed by atoms with van der Waals surface area (Å²) < 4.78 is 5.90. The van der Waals surface area contributed by atoms with Gasteiger partial charge in [-0.25, -0.2) is 5.06 Å². The van der Waals surface area contributed by atoms with Crippen molar-refractivity contribution < 1.29 is 19.2 Å². The smallest absolute Gasteiger partial charge is 0.305 e. The molecular weight excluding hydrogens is 681 g/mol. The first-order valence-corrected chi connectivity index (χ1v) is 24.6. The van der Waals surface area contributed by atoms with E-state index in [0.717, 1.165) is 57.9 Å². The highest BCUT2D eigenvalue weighted by Crippen LogP contribution is 2.23. The Kier molecular flexibility index (Phi) is 41.6. The van der Waals surface area contributed by atoms with Gasteiger partial charge in [0, 0.05) is 12.8 Å². The summed E-state index contributed by atoms with van der Waals surface area (Å²) >= 11 is 0. The first kappa shape index (κ1) is 53.9. The van der Waals surface area contributed by atoms with Gasteiger partial charge in [0.1, 0.15) is 0 Å². The monoisotopic (exact) mass is 779 g/mol. The van der Waals surface area contributed by atoms with Gasteiger partial charge in [-0.15, -0.1) is 0 Å². The van der Waals surface area contributed by atoms with E-state index < -0.39 is 0 Å². The van der Waals surface area contributed by atoms with E-state index in [4.69, 9.17) is 9.57 Å². The number of esters is 1. The van der Waals surface area contributed by atoms with Gasteiger partial charge in [-0.1, -0.05) is 201 Å². The van der Waals surface area contributed by atoms with E-state index >= 15 is 0 Å². The Balaban J connectivity index is 5.11. The lowest BCUT2D eigenvalue weighted by Crippen LogP contribution is -2.41. The molecule has 0 radical (unpaired) electrons. The minimum Gasteiger partial charge on any atom is -0.465 e. The number of rotatable bonds is 44. The van der Waals surface area contributed by atoms with Crippen LogP contribution in [0.5, 0.6) is 0 Å². The van der Waals surface area contributed by atoms with Crippen LogP contribution in [0.25, 0.3) is 0 Å². The van der Waals surface area contributed by atoms with Crippen LogP contribution in [-0.2, 0) is 19.2 Å². The van der Waals surface area contributed by atoms with Crippen molar-refractivity contribution in [2.24, 2.45) is 5.92 Å². The van der Waals surface area contributed by atoms with Crippen molar-refractivity contribution in [1.82, 2.24) is 9.96 Å². The number of nitrogens with zero attached hydrogens (tertiary/aromatic N) is 2. The molecule has 0 rings (SSSR count). The van der Waals surface area contributed by atoms with Crippen molar-refractivity contribution in [2.45, 2.75) is 265 Å². The fraction of sp³-hybridized carbons (Fsp3) is 0.959. The summed E-state index contributed by atoms with van der Waals surface area (Å²) in [6.07, 6.45) is 42.5. The number of carbonyl (C=O) groups excluding carboxylic acids is 2.